The van der Waals surface area contributed by atoms with Crippen molar-refractivity contribution in [3.05, 3.63) is 0 Å². The van der Waals surface area contributed by atoms with Crippen LogP contribution in [0.15, 0.2) is 0 Å². The summed E-state index contributed by atoms with van der Waals surface area (Å²) in [5.41, 5.74) is 0.581. The Morgan fingerprint density at radius 2 is 1.88 bits per heavy atom. The van der Waals surface area contributed by atoms with Gasteiger partial charge in [0.25, 0.3) is 0 Å². The second-order valence-corrected chi connectivity index (χ2v) is 6.84. The highest BCUT2D eigenvalue weighted by Gasteiger charge is 2.36. The lowest BCUT2D eigenvalue weighted by Crippen LogP contribution is -2.44. The van der Waals surface area contributed by atoms with E-state index in [0.717, 1.165) is 6.04 Å². The third kappa shape index (κ3) is 3.45. The van der Waals surface area contributed by atoms with Crippen molar-refractivity contribution in [1.29, 1.82) is 0 Å². The zero-order chi connectivity index (χ0) is 12.3. The number of nitrogens with zero attached hydrogens (tertiary/aromatic N) is 2. The van der Waals surface area contributed by atoms with E-state index in [1.54, 1.807) is 0 Å². The van der Waals surface area contributed by atoms with E-state index in [4.69, 9.17) is 0 Å². The van der Waals surface area contributed by atoms with Crippen molar-refractivity contribution >= 4 is 15.9 Å². The third-order valence-corrected chi connectivity index (χ3v) is 5.86. The van der Waals surface area contributed by atoms with Gasteiger partial charge in [0.1, 0.15) is 0 Å². The van der Waals surface area contributed by atoms with Crippen molar-refractivity contribution in [2.24, 2.45) is 5.41 Å². The molecule has 1 atom stereocenters. The van der Waals surface area contributed by atoms with E-state index >= 15 is 0 Å². The molecule has 1 aliphatic carbocycles. The number of hydrogen-bond acceptors (Lipinski definition) is 2. The number of likely N-dealkylation sites (N-methyl/N-ethyl adjacent to an activating group) is 1. The minimum absolute atomic E-state index is 0.581. The zero-order valence-electron chi connectivity index (χ0n) is 11.4. The van der Waals surface area contributed by atoms with Crippen LogP contribution >= 0.6 is 15.9 Å². The van der Waals surface area contributed by atoms with E-state index in [0.29, 0.717) is 5.41 Å². The molecular weight excluding hydrogens is 276 g/mol. The largest absolute Gasteiger partial charge is 0.305 e. The van der Waals surface area contributed by atoms with Gasteiger partial charge in [0.05, 0.1) is 0 Å². The van der Waals surface area contributed by atoms with Gasteiger partial charge in [-0.25, -0.2) is 0 Å². The summed E-state index contributed by atoms with van der Waals surface area (Å²) in [6.07, 6.45) is 7.06. The lowest BCUT2D eigenvalue weighted by atomic mass is 9.87. The van der Waals surface area contributed by atoms with Gasteiger partial charge in [-0.1, -0.05) is 28.8 Å². The smallest absolute Gasteiger partial charge is 0.0195 e. The van der Waals surface area contributed by atoms with E-state index in [2.05, 4.69) is 39.7 Å². The van der Waals surface area contributed by atoms with Gasteiger partial charge in [0, 0.05) is 24.5 Å². The molecule has 1 unspecified atom stereocenters. The lowest BCUT2D eigenvalue weighted by molar-refractivity contribution is 0.132. The number of alkyl halides is 1. The molecule has 2 aliphatic rings. The SMILES string of the molecule is CC1CN(C)CCCN1CC1(CBr)CCCC1. The summed E-state index contributed by atoms with van der Waals surface area (Å²) >= 11 is 3.77. The molecule has 17 heavy (non-hydrogen) atoms. The summed E-state index contributed by atoms with van der Waals surface area (Å²) in [6, 6.07) is 0.721. The molecule has 0 amide bonds. The van der Waals surface area contributed by atoms with Crippen molar-refractivity contribution in [3.63, 3.8) is 0 Å². The van der Waals surface area contributed by atoms with Crippen LogP contribution in [0, 0.1) is 5.41 Å². The second-order valence-electron chi connectivity index (χ2n) is 6.28. The molecule has 2 rings (SSSR count). The summed E-state index contributed by atoms with van der Waals surface area (Å²) in [4.78, 5) is 5.23. The first-order valence-electron chi connectivity index (χ1n) is 7.14. The van der Waals surface area contributed by atoms with E-state index in [1.165, 1.54) is 63.6 Å². The Balaban J connectivity index is 1.96. The lowest BCUT2D eigenvalue weighted by Gasteiger charge is -2.37. The predicted octanol–water partition coefficient (Wildman–Crippen LogP) is 2.97. The molecule has 1 saturated heterocycles. The Kier molecular flexibility index (Phi) is 4.90. The fraction of sp³-hybridized carbons (Fsp3) is 1.00. The molecule has 2 fully saturated rings. The van der Waals surface area contributed by atoms with Gasteiger partial charge in [-0.2, -0.15) is 0 Å². The van der Waals surface area contributed by atoms with Gasteiger partial charge in [-0.15, -0.1) is 0 Å². The average Bonchev–Trinajstić information content (AvgIpc) is 2.70. The first kappa shape index (κ1) is 13.8. The van der Waals surface area contributed by atoms with Gasteiger partial charge in [-0.3, -0.25) is 4.90 Å². The van der Waals surface area contributed by atoms with Gasteiger partial charge >= 0.3 is 0 Å². The molecule has 0 aromatic carbocycles. The van der Waals surface area contributed by atoms with E-state index in [-0.39, 0.29) is 0 Å². The van der Waals surface area contributed by atoms with Crippen LogP contribution < -0.4 is 0 Å². The maximum absolute atomic E-state index is 3.77. The van der Waals surface area contributed by atoms with Crippen LogP contribution in [0.1, 0.15) is 39.0 Å². The molecule has 0 N–H and O–H groups in total. The Hall–Kier alpha value is 0.400. The van der Waals surface area contributed by atoms with Crippen molar-refractivity contribution in [2.75, 3.05) is 38.6 Å². The maximum Gasteiger partial charge on any atom is 0.0195 e. The average molecular weight is 303 g/mol. The molecule has 0 aromatic heterocycles. The predicted molar refractivity (Wildman–Crippen MR) is 77.8 cm³/mol. The normalized spacial score (nSPS) is 31.6. The maximum atomic E-state index is 3.77. The number of rotatable bonds is 3. The molecule has 0 spiro atoms. The summed E-state index contributed by atoms with van der Waals surface area (Å²) < 4.78 is 0. The Bertz CT molecular complexity index is 238. The molecule has 0 aromatic rings. The first-order valence-corrected chi connectivity index (χ1v) is 8.26. The quantitative estimate of drug-likeness (QED) is 0.740. The van der Waals surface area contributed by atoms with Crippen LogP contribution in [-0.4, -0.2) is 54.4 Å². The molecule has 100 valence electrons. The molecular formula is C14H27BrN2. The Morgan fingerprint density at radius 1 is 1.18 bits per heavy atom. The van der Waals surface area contributed by atoms with Crippen molar-refractivity contribution in [3.8, 4) is 0 Å². The highest BCUT2D eigenvalue weighted by atomic mass is 79.9. The summed E-state index contributed by atoms with van der Waals surface area (Å²) in [7, 11) is 2.26. The van der Waals surface area contributed by atoms with Crippen molar-refractivity contribution in [1.82, 2.24) is 9.80 Å². The summed E-state index contributed by atoms with van der Waals surface area (Å²) in [5, 5.41) is 1.19. The number of halogens is 1. The summed E-state index contributed by atoms with van der Waals surface area (Å²) in [6.45, 7) is 7.51. The van der Waals surface area contributed by atoms with E-state index < -0.39 is 0 Å². The van der Waals surface area contributed by atoms with Crippen LogP contribution in [0.3, 0.4) is 0 Å². The van der Waals surface area contributed by atoms with Gasteiger partial charge in [-0.05, 0) is 51.7 Å². The van der Waals surface area contributed by atoms with Gasteiger partial charge in [0.15, 0.2) is 0 Å². The summed E-state index contributed by atoms with van der Waals surface area (Å²) in [5.74, 6) is 0. The van der Waals surface area contributed by atoms with Gasteiger partial charge < -0.3 is 4.90 Å². The van der Waals surface area contributed by atoms with E-state index in [1.807, 2.05) is 0 Å². The van der Waals surface area contributed by atoms with Crippen molar-refractivity contribution in [2.45, 2.75) is 45.1 Å². The standard InChI is InChI=1S/C14H27BrN2/c1-13-10-16(2)8-5-9-17(13)12-14(11-15)6-3-4-7-14/h13H,3-12H2,1-2H3. The zero-order valence-corrected chi connectivity index (χ0v) is 13.0. The fourth-order valence-corrected chi connectivity index (χ4v) is 4.28. The molecule has 0 bridgehead atoms. The van der Waals surface area contributed by atoms with Crippen LogP contribution in [0.5, 0.6) is 0 Å². The molecule has 1 aliphatic heterocycles. The van der Waals surface area contributed by atoms with Crippen LogP contribution in [0.2, 0.25) is 0 Å². The highest BCUT2D eigenvalue weighted by molar-refractivity contribution is 9.09. The first-order chi connectivity index (χ1) is 8.15. The van der Waals surface area contributed by atoms with Gasteiger partial charge in [0.2, 0.25) is 0 Å². The molecule has 3 heteroatoms. The fourth-order valence-electron chi connectivity index (χ4n) is 3.55. The molecule has 1 heterocycles. The Morgan fingerprint density at radius 3 is 2.53 bits per heavy atom. The highest BCUT2D eigenvalue weighted by Crippen LogP contribution is 2.40. The Labute approximate surface area is 115 Å². The van der Waals surface area contributed by atoms with Crippen LogP contribution in [0.25, 0.3) is 0 Å². The van der Waals surface area contributed by atoms with Crippen molar-refractivity contribution < 1.29 is 0 Å². The number of hydrogen-bond donors (Lipinski definition) is 0. The topological polar surface area (TPSA) is 6.48 Å². The second kappa shape index (κ2) is 6.03. The van der Waals surface area contributed by atoms with Crippen LogP contribution in [-0.2, 0) is 0 Å². The monoisotopic (exact) mass is 302 g/mol. The minimum atomic E-state index is 0.581. The minimum Gasteiger partial charge on any atom is -0.305 e. The molecule has 1 saturated carbocycles. The third-order valence-electron chi connectivity index (χ3n) is 4.67. The molecule has 2 nitrogen and oxygen atoms in total. The molecule has 0 radical (unpaired) electrons. The van der Waals surface area contributed by atoms with Crippen LogP contribution in [0.4, 0.5) is 0 Å². The van der Waals surface area contributed by atoms with E-state index in [9.17, 15) is 0 Å².